The molecule has 0 aromatic heterocycles. The Morgan fingerprint density at radius 2 is 1.21 bits per heavy atom. The minimum atomic E-state index is -1.17. The molecule has 4 rings (SSSR count). The SMILES string of the molecule is COC(=O)c1ccccc1C1=NC2=S(O1)OC(c1ccccc1C(=O)OC)=N2. The van der Waals surface area contributed by atoms with E-state index >= 15 is 0 Å². The molecule has 2 aromatic carbocycles. The lowest BCUT2D eigenvalue weighted by atomic mass is 10.1. The van der Waals surface area contributed by atoms with E-state index in [-0.39, 0.29) is 11.8 Å². The van der Waals surface area contributed by atoms with Crippen LogP contribution in [0.15, 0.2) is 58.5 Å². The van der Waals surface area contributed by atoms with Crippen LogP contribution in [0.2, 0.25) is 0 Å². The van der Waals surface area contributed by atoms with Gasteiger partial charge in [-0.2, -0.15) is 9.98 Å². The van der Waals surface area contributed by atoms with Crippen LogP contribution >= 0.6 is 11.0 Å². The molecule has 0 saturated heterocycles. The molecule has 0 saturated carbocycles. The second kappa shape index (κ2) is 7.28. The predicted octanol–water partition coefficient (Wildman–Crippen LogP) is 2.70. The van der Waals surface area contributed by atoms with E-state index in [4.69, 9.17) is 17.8 Å². The predicted molar refractivity (Wildman–Crippen MR) is 103 cm³/mol. The standard InChI is InChI=1S/C19H14N2O6S/c1-24-17(22)13-9-5-3-7-11(13)15-20-19-21-16(27-28(19)26-15)12-8-4-6-10-14(12)18(23)25-2/h3-10H,1-2H3. The van der Waals surface area contributed by atoms with Gasteiger partial charge in [0.25, 0.3) is 5.11 Å². The molecule has 8 nitrogen and oxygen atoms in total. The van der Waals surface area contributed by atoms with Gasteiger partial charge in [-0.3, -0.25) is 0 Å². The maximum Gasteiger partial charge on any atom is 0.338 e. The summed E-state index contributed by atoms with van der Waals surface area (Å²) in [5.74, 6) is -0.541. The third-order valence-electron chi connectivity index (χ3n) is 3.98. The molecule has 0 unspecified atom stereocenters. The second-order valence-electron chi connectivity index (χ2n) is 5.59. The number of hydrogen-bond donors (Lipinski definition) is 0. The molecular formula is C19H14N2O6S. The largest absolute Gasteiger partial charge is 0.465 e. The molecule has 2 heterocycles. The number of ether oxygens (including phenoxy) is 2. The number of aliphatic imine (C=N–C) groups is 2. The molecule has 28 heavy (non-hydrogen) atoms. The Balaban J connectivity index is 1.66. The Bertz CT molecular complexity index is 1010. The quantitative estimate of drug-likeness (QED) is 0.580. The van der Waals surface area contributed by atoms with Crippen LogP contribution in [0, 0.1) is 0 Å². The average molecular weight is 398 g/mol. The van der Waals surface area contributed by atoms with Crippen LogP contribution in [0.4, 0.5) is 0 Å². The van der Waals surface area contributed by atoms with E-state index in [0.717, 1.165) is 0 Å². The summed E-state index contributed by atoms with van der Waals surface area (Å²) in [7, 11) is 2.61. The topological polar surface area (TPSA) is 95.8 Å². The lowest BCUT2D eigenvalue weighted by Gasteiger charge is -2.11. The smallest absolute Gasteiger partial charge is 0.338 e. The third kappa shape index (κ3) is 3.05. The maximum atomic E-state index is 12.0. The first kappa shape index (κ1) is 17.9. The normalized spacial score (nSPS) is 15.1. The van der Waals surface area contributed by atoms with Crippen molar-refractivity contribution in [3.05, 3.63) is 70.8 Å². The van der Waals surface area contributed by atoms with Crippen LogP contribution in [0.25, 0.3) is 0 Å². The zero-order valence-corrected chi connectivity index (χ0v) is 15.7. The van der Waals surface area contributed by atoms with Crippen molar-refractivity contribution in [3.8, 4) is 0 Å². The number of esters is 2. The van der Waals surface area contributed by atoms with Crippen LogP contribution in [-0.4, -0.2) is 43.1 Å². The zero-order valence-electron chi connectivity index (χ0n) is 14.9. The van der Waals surface area contributed by atoms with E-state index in [2.05, 4.69) is 9.98 Å². The average Bonchev–Trinajstić information content (AvgIpc) is 3.32. The van der Waals surface area contributed by atoms with E-state index in [1.54, 1.807) is 48.5 Å². The van der Waals surface area contributed by atoms with Gasteiger partial charge in [-0.25, -0.2) is 9.59 Å². The Labute approximate surface area is 162 Å². The van der Waals surface area contributed by atoms with Crippen molar-refractivity contribution in [3.63, 3.8) is 0 Å². The Morgan fingerprint density at radius 3 is 1.61 bits per heavy atom. The fraction of sp³-hybridized carbons (Fsp3) is 0.105. The number of methoxy groups -OCH3 is 2. The van der Waals surface area contributed by atoms with Gasteiger partial charge in [-0.15, -0.1) is 0 Å². The Morgan fingerprint density at radius 1 is 0.786 bits per heavy atom. The fourth-order valence-corrected chi connectivity index (χ4v) is 3.71. The highest BCUT2D eigenvalue weighted by Gasteiger charge is 2.32. The molecule has 0 bridgehead atoms. The maximum absolute atomic E-state index is 12.0. The highest BCUT2D eigenvalue weighted by atomic mass is 32.2. The molecular weight excluding hydrogens is 384 g/mol. The lowest BCUT2D eigenvalue weighted by Crippen LogP contribution is -2.13. The summed E-state index contributed by atoms with van der Waals surface area (Å²) in [6.07, 6.45) is 0. The summed E-state index contributed by atoms with van der Waals surface area (Å²) in [6.45, 7) is 0. The molecule has 0 fully saturated rings. The van der Waals surface area contributed by atoms with Gasteiger partial charge in [0.15, 0.2) is 0 Å². The molecule has 0 spiro atoms. The van der Waals surface area contributed by atoms with Gasteiger partial charge in [-0.05, 0) is 24.3 Å². The summed E-state index contributed by atoms with van der Waals surface area (Å²) < 4.78 is 21.1. The minimum absolute atomic E-state index is 0.225. The van der Waals surface area contributed by atoms with Crippen molar-refractivity contribution in [1.82, 2.24) is 0 Å². The second-order valence-corrected chi connectivity index (χ2v) is 6.76. The van der Waals surface area contributed by atoms with E-state index in [0.29, 0.717) is 27.4 Å². The van der Waals surface area contributed by atoms with E-state index in [1.165, 1.54) is 14.2 Å². The van der Waals surface area contributed by atoms with Crippen LogP contribution in [0.1, 0.15) is 31.8 Å². The van der Waals surface area contributed by atoms with Gasteiger partial charge in [0, 0.05) is 0 Å². The summed E-state index contributed by atoms with van der Waals surface area (Å²) in [5, 5.41) is 0.323. The number of rotatable bonds is 4. The molecule has 9 heteroatoms. The monoisotopic (exact) mass is 398 g/mol. The van der Waals surface area contributed by atoms with Crippen molar-refractivity contribution < 1.29 is 27.4 Å². The molecule has 0 aliphatic carbocycles. The molecule has 2 aliphatic rings. The van der Waals surface area contributed by atoms with Crippen molar-refractivity contribution in [2.24, 2.45) is 9.98 Å². The summed E-state index contributed by atoms with van der Waals surface area (Å²) in [6, 6.07) is 13.6. The third-order valence-corrected chi connectivity index (χ3v) is 5.08. The van der Waals surface area contributed by atoms with Gasteiger partial charge >= 0.3 is 11.9 Å². The van der Waals surface area contributed by atoms with Crippen LogP contribution in [-0.2, 0) is 17.8 Å². The fourth-order valence-electron chi connectivity index (χ4n) is 2.67. The highest BCUT2D eigenvalue weighted by molar-refractivity contribution is 8.08. The Hall–Kier alpha value is -3.46. The van der Waals surface area contributed by atoms with Crippen LogP contribution in [0.3, 0.4) is 0 Å². The van der Waals surface area contributed by atoms with Crippen LogP contribution < -0.4 is 0 Å². The van der Waals surface area contributed by atoms with Gasteiger partial charge in [-0.1, -0.05) is 24.3 Å². The summed E-state index contributed by atoms with van der Waals surface area (Å²) >= 11 is -1.17. The number of hydrogen-bond acceptors (Lipinski definition) is 8. The highest BCUT2D eigenvalue weighted by Crippen LogP contribution is 2.35. The first-order chi connectivity index (χ1) is 13.6. The number of carbonyl (C=O) groups excluding carboxylic acids is 2. The van der Waals surface area contributed by atoms with Gasteiger partial charge in [0.2, 0.25) is 22.8 Å². The van der Waals surface area contributed by atoms with Gasteiger partial charge in [0.05, 0.1) is 36.5 Å². The number of nitrogens with zero attached hydrogens (tertiary/aromatic N) is 2. The van der Waals surface area contributed by atoms with Crippen LogP contribution in [0.5, 0.6) is 0 Å². The van der Waals surface area contributed by atoms with E-state index in [9.17, 15) is 9.59 Å². The first-order valence-electron chi connectivity index (χ1n) is 8.13. The van der Waals surface area contributed by atoms with Crippen molar-refractivity contribution in [2.75, 3.05) is 14.2 Å². The first-order valence-corrected chi connectivity index (χ1v) is 9.20. The summed E-state index contributed by atoms with van der Waals surface area (Å²) in [4.78, 5) is 32.6. The molecule has 2 aliphatic heterocycles. The minimum Gasteiger partial charge on any atom is -0.465 e. The molecule has 142 valence electrons. The van der Waals surface area contributed by atoms with Crippen molar-refractivity contribution >= 4 is 39.9 Å². The molecule has 0 N–H and O–H groups in total. The van der Waals surface area contributed by atoms with Gasteiger partial charge in [0.1, 0.15) is 0 Å². The van der Waals surface area contributed by atoms with Crippen molar-refractivity contribution in [1.29, 1.82) is 0 Å². The van der Waals surface area contributed by atoms with Crippen molar-refractivity contribution in [2.45, 2.75) is 0 Å². The summed E-state index contributed by atoms with van der Waals surface area (Å²) in [5.41, 5.74) is 1.63. The number of benzene rings is 2. The molecule has 2 aromatic rings. The Kier molecular flexibility index (Phi) is 4.66. The molecule has 0 atom stereocenters. The van der Waals surface area contributed by atoms with E-state index < -0.39 is 23.0 Å². The lowest BCUT2D eigenvalue weighted by molar-refractivity contribution is 0.0591. The number of carbonyl (C=O) groups is 2. The molecule has 0 radical (unpaired) electrons. The van der Waals surface area contributed by atoms with Gasteiger partial charge < -0.3 is 17.8 Å². The zero-order chi connectivity index (χ0) is 19.7. The van der Waals surface area contributed by atoms with E-state index in [1.807, 2.05) is 0 Å². The molecule has 0 amide bonds.